The van der Waals surface area contributed by atoms with Crippen molar-refractivity contribution in [2.45, 2.75) is 0 Å². The SMILES string of the molecule is O.O=C([O-])C(=O)[O-].O=C([O-])C(=O)[O-].O=C([O-])C(=O)[O-].[Er+3].[Er+3]. The summed E-state index contributed by atoms with van der Waals surface area (Å²) in [4.78, 5) is 53.6. The van der Waals surface area contributed by atoms with Gasteiger partial charge in [-0.15, -0.1) is 0 Å². The van der Waals surface area contributed by atoms with Gasteiger partial charge in [0.15, 0.2) is 0 Å². The molecular formula is C6H2Er2O13. The van der Waals surface area contributed by atoms with Crippen LogP contribution in [0.5, 0.6) is 0 Å². The molecule has 128 valence electrons. The fourth-order valence-corrected chi connectivity index (χ4v) is 0. The van der Waals surface area contributed by atoms with Crippen LogP contribution in [0, 0.1) is 74.6 Å². The summed E-state index contributed by atoms with van der Waals surface area (Å²) in [5.41, 5.74) is 0. The van der Waals surface area contributed by atoms with Gasteiger partial charge in [0.05, 0.1) is 35.8 Å². The molecule has 0 aliphatic heterocycles. The minimum Gasteiger partial charge on any atom is -0.543 e. The van der Waals surface area contributed by atoms with Crippen molar-refractivity contribution in [2.24, 2.45) is 0 Å². The molecule has 15 heteroatoms. The van der Waals surface area contributed by atoms with Gasteiger partial charge in [0.2, 0.25) is 0 Å². The van der Waals surface area contributed by atoms with Gasteiger partial charge < -0.3 is 64.9 Å². The molecule has 0 amide bonds. The Morgan fingerprint density at radius 3 is 0.429 bits per heavy atom. The third-order valence-electron chi connectivity index (χ3n) is 0.500. The molecule has 0 aromatic heterocycles. The predicted octanol–water partition coefficient (Wildman–Crippen LogP) is -11.4. The Morgan fingerprint density at radius 1 is 0.381 bits per heavy atom. The molecule has 13 nitrogen and oxygen atoms in total. The number of hydrogen-bond donors (Lipinski definition) is 0. The van der Waals surface area contributed by atoms with Crippen molar-refractivity contribution in [1.29, 1.82) is 0 Å². The van der Waals surface area contributed by atoms with Crippen LogP contribution in [0.3, 0.4) is 0 Å². The molecule has 0 saturated carbocycles. The topological polar surface area (TPSA) is 272 Å². The van der Waals surface area contributed by atoms with Gasteiger partial charge in [0.25, 0.3) is 0 Å². The summed E-state index contributed by atoms with van der Waals surface area (Å²) >= 11 is 0. The zero-order chi connectivity index (χ0) is 15.5. The number of hydrogen-bond acceptors (Lipinski definition) is 12. The van der Waals surface area contributed by atoms with Crippen LogP contribution in [-0.2, 0) is 28.8 Å². The van der Waals surface area contributed by atoms with Gasteiger partial charge in [0, 0.05) is 0 Å². The number of aliphatic carboxylic acids is 6. The third kappa shape index (κ3) is 45.2. The molecule has 2 radical (unpaired) electrons. The van der Waals surface area contributed by atoms with Gasteiger partial charge in [0.1, 0.15) is 0 Å². The molecule has 0 bridgehead atoms. The molecule has 0 aromatic rings. The van der Waals surface area contributed by atoms with Gasteiger partial charge in [-0.05, 0) is 0 Å². The number of carboxylic acids is 6. The van der Waals surface area contributed by atoms with E-state index in [4.69, 9.17) is 59.4 Å². The number of rotatable bonds is 0. The van der Waals surface area contributed by atoms with E-state index < -0.39 is 35.8 Å². The zero-order valence-electron chi connectivity index (χ0n) is 8.98. The maximum atomic E-state index is 8.93. The van der Waals surface area contributed by atoms with Crippen LogP contribution in [0.2, 0.25) is 0 Å². The Kier molecular flexibility index (Phi) is 38.0. The smallest absolute Gasteiger partial charge is 0.543 e. The van der Waals surface area contributed by atoms with E-state index in [1.807, 2.05) is 0 Å². The van der Waals surface area contributed by atoms with Crippen molar-refractivity contribution in [3.8, 4) is 0 Å². The Bertz CT molecular complexity index is 282. The van der Waals surface area contributed by atoms with E-state index in [-0.39, 0.29) is 80.1 Å². The van der Waals surface area contributed by atoms with E-state index in [9.17, 15) is 0 Å². The van der Waals surface area contributed by atoms with Crippen LogP contribution in [0.4, 0.5) is 0 Å². The molecule has 0 aliphatic rings. The van der Waals surface area contributed by atoms with Crippen LogP contribution in [0.15, 0.2) is 0 Å². The second kappa shape index (κ2) is 21.6. The van der Waals surface area contributed by atoms with E-state index >= 15 is 0 Å². The second-order valence-corrected chi connectivity index (χ2v) is 1.72. The van der Waals surface area contributed by atoms with Crippen LogP contribution in [-0.4, -0.2) is 41.3 Å². The standard InChI is InChI=1S/3C2H2O4.2Er.H2O/c3*3-1(4)2(5)6;;;/h3*(H,3,4)(H,5,6);;;1H2/q;;;2*+3;/p-6. The van der Waals surface area contributed by atoms with Crippen LogP contribution in [0.1, 0.15) is 0 Å². The predicted molar refractivity (Wildman–Crippen MR) is 33.7 cm³/mol. The molecule has 0 spiro atoms. The molecule has 0 unspecified atom stereocenters. The molecule has 0 heterocycles. The van der Waals surface area contributed by atoms with Crippen molar-refractivity contribution >= 4 is 35.8 Å². The minimum atomic E-state index is -2.19. The Morgan fingerprint density at radius 2 is 0.429 bits per heavy atom. The Balaban J connectivity index is -0.0000000375. The normalized spacial score (nSPS) is 6.29. The monoisotopic (exact) mass is 614 g/mol. The van der Waals surface area contributed by atoms with Crippen molar-refractivity contribution in [3.05, 3.63) is 0 Å². The van der Waals surface area contributed by atoms with E-state index in [0.29, 0.717) is 0 Å². The van der Waals surface area contributed by atoms with Crippen LogP contribution < -0.4 is 30.6 Å². The summed E-state index contributed by atoms with van der Waals surface area (Å²) in [6.07, 6.45) is 0. The molecule has 21 heavy (non-hydrogen) atoms. The fourth-order valence-electron chi connectivity index (χ4n) is 0. The third-order valence-corrected chi connectivity index (χ3v) is 0.500. The summed E-state index contributed by atoms with van der Waals surface area (Å²) < 4.78 is 0. The van der Waals surface area contributed by atoms with E-state index in [2.05, 4.69) is 0 Å². The average Bonchev–Trinajstić information content (AvgIpc) is 2.18. The van der Waals surface area contributed by atoms with Gasteiger partial charge in [-0.3, -0.25) is 0 Å². The number of carbonyl (C=O) groups is 6. The largest absolute Gasteiger partial charge is 3.00 e. The first kappa shape index (κ1) is 37.0. The summed E-state index contributed by atoms with van der Waals surface area (Å²) in [7, 11) is 0. The molecular weight excluding hydrogens is 615 g/mol. The molecule has 2 N–H and O–H groups in total. The minimum absolute atomic E-state index is 0. The Hall–Kier alpha value is -0.726. The van der Waals surface area contributed by atoms with Gasteiger partial charge in [-0.2, -0.15) is 0 Å². The van der Waals surface area contributed by atoms with Crippen molar-refractivity contribution in [2.75, 3.05) is 0 Å². The molecule has 0 atom stereocenters. The van der Waals surface area contributed by atoms with Gasteiger partial charge in [-0.25, -0.2) is 0 Å². The first-order valence-corrected chi connectivity index (χ1v) is 3.20. The van der Waals surface area contributed by atoms with Crippen molar-refractivity contribution in [1.82, 2.24) is 0 Å². The average molecular weight is 617 g/mol. The molecule has 0 rings (SSSR count). The second-order valence-electron chi connectivity index (χ2n) is 1.72. The molecule has 0 aliphatic carbocycles. The Labute approximate surface area is 173 Å². The van der Waals surface area contributed by atoms with E-state index in [0.717, 1.165) is 0 Å². The summed E-state index contributed by atoms with van der Waals surface area (Å²) in [5.74, 6) is -13.1. The van der Waals surface area contributed by atoms with Gasteiger partial charge in [-0.1, -0.05) is 0 Å². The van der Waals surface area contributed by atoms with Crippen molar-refractivity contribution < 1.29 is 139 Å². The van der Waals surface area contributed by atoms with Gasteiger partial charge >= 0.3 is 74.6 Å². The molecule has 0 aromatic carbocycles. The maximum absolute atomic E-state index is 8.93. The van der Waals surface area contributed by atoms with E-state index in [1.165, 1.54) is 0 Å². The summed E-state index contributed by atoms with van der Waals surface area (Å²) in [6, 6.07) is 0. The van der Waals surface area contributed by atoms with Crippen LogP contribution >= 0.6 is 0 Å². The first-order chi connectivity index (χ1) is 7.93. The number of carboxylic acid groups (broad SMARTS) is 6. The molecule has 0 saturated heterocycles. The van der Waals surface area contributed by atoms with Crippen molar-refractivity contribution in [3.63, 3.8) is 0 Å². The zero-order valence-corrected chi connectivity index (χ0v) is 12.7. The maximum Gasteiger partial charge on any atom is 3.00 e. The number of carbonyl (C=O) groups excluding carboxylic acids is 6. The summed E-state index contributed by atoms with van der Waals surface area (Å²) in [6.45, 7) is 0. The van der Waals surface area contributed by atoms with E-state index in [1.54, 1.807) is 0 Å². The van der Waals surface area contributed by atoms with Crippen LogP contribution in [0.25, 0.3) is 0 Å². The summed E-state index contributed by atoms with van der Waals surface area (Å²) in [5, 5.41) is 53.6. The molecule has 0 fully saturated rings. The quantitative estimate of drug-likeness (QED) is 0.229. The first-order valence-electron chi connectivity index (χ1n) is 3.20. The fraction of sp³-hybridized carbons (Fsp3) is 0.